The number of nitrogens with one attached hydrogen (secondary N) is 1. The summed E-state index contributed by atoms with van der Waals surface area (Å²) in [5, 5.41) is 13.8. The van der Waals surface area contributed by atoms with E-state index in [4.69, 9.17) is 0 Å². The Morgan fingerprint density at radius 1 is 1.30 bits per heavy atom. The average Bonchev–Trinajstić information content (AvgIpc) is 2.75. The van der Waals surface area contributed by atoms with E-state index >= 15 is 0 Å². The number of hydrogen-bond donors (Lipinski definition) is 2. The summed E-state index contributed by atoms with van der Waals surface area (Å²) in [5.41, 5.74) is 1.37. The van der Waals surface area contributed by atoms with Crippen LogP contribution in [0, 0.1) is 0 Å². The molecule has 0 amide bonds. The quantitative estimate of drug-likeness (QED) is 0.763. The van der Waals surface area contributed by atoms with E-state index in [1.807, 2.05) is 25.1 Å². The van der Waals surface area contributed by atoms with Crippen molar-refractivity contribution in [3.63, 3.8) is 0 Å². The Kier molecular flexibility index (Phi) is 4.78. The number of hydrogen-bond acceptors (Lipinski definition) is 3. The van der Waals surface area contributed by atoms with E-state index in [1.165, 1.54) is 0 Å². The maximum absolute atomic E-state index is 10.5. The van der Waals surface area contributed by atoms with Gasteiger partial charge in [0.15, 0.2) is 0 Å². The van der Waals surface area contributed by atoms with Gasteiger partial charge in [-0.3, -0.25) is 0 Å². The van der Waals surface area contributed by atoms with Gasteiger partial charge in [0, 0.05) is 19.5 Å². The maximum atomic E-state index is 10.5. The van der Waals surface area contributed by atoms with Crippen LogP contribution < -0.4 is 5.32 Å². The molecule has 0 fully saturated rings. The van der Waals surface area contributed by atoms with Gasteiger partial charge in [-0.1, -0.05) is 19.1 Å². The number of rotatable bonds is 7. The lowest BCUT2D eigenvalue weighted by molar-refractivity contribution is 0.0576. The minimum absolute atomic E-state index is 0.562. The van der Waals surface area contributed by atoms with Crippen LogP contribution >= 0.6 is 0 Å². The van der Waals surface area contributed by atoms with Gasteiger partial charge in [-0.25, -0.2) is 4.98 Å². The number of nitrogens with zero attached hydrogens (tertiary/aromatic N) is 2. The van der Waals surface area contributed by atoms with Crippen molar-refractivity contribution in [1.82, 2.24) is 14.9 Å². The van der Waals surface area contributed by atoms with Gasteiger partial charge >= 0.3 is 0 Å². The second-order valence-corrected chi connectivity index (χ2v) is 5.61. The van der Waals surface area contributed by atoms with Gasteiger partial charge in [0.2, 0.25) is 0 Å². The predicted octanol–water partition coefficient (Wildman–Crippen LogP) is 2.35. The molecule has 1 atom stereocenters. The number of aryl methyl sites for hydroxylation is 1. The zero-order valence-corrected chi connectivity index (χ0v) is 12.7. The predicted molar refractivity (Wildman–Crippen MR) is 82.9 cm³/mol. The van der Waals surface area contributed by atoms with Crippen LogP contribution in [-0.2, 0) is 13.0 Å². The van der Waals surface area contributed by atoms with Gasteiger partial charge in [0.25, 0.3) is 0 Å². The first-order valence-corrected chi connectivity index (χ1v) is 7.44. The summed E-state index contributed by atoms with van der Waals surface area (Å²) in [5.74, 6) is 0.956. The Morgan fingerprint density at radius 3 is 2.75 bits per heavy atom. The summed E-state index contributed by atoms with van der Waals surface area (Å²) in [7, 11) is 0. The average molecular weight is 275 g/mol. The summed E-state index contributed by atoms with van der Waals surface area (Å²) in [6, 6.07) is 8.13. The standard InChI is InChI=1S/C16H25N3O/c1-4-10-17-12-16(3,20)11-15-18-13-8-6-7-9-14(13)19(15)5-2/h6-9,17,20H,4-5,10-12H2,1-3H3. The molecule has 4 nitrogen and oxygen atoms in total. The highest BCUT2D eigenvalue weighted by atomic mass is 16.3. The van der Waals surface area contributed by atoms with Crippen LogP contribution in [0.2, 0.25) is 0 Å². The van der Waals surface area contributed by atoms with Gasteiger partial charge in [-0.05, 0) is 38.9 Å². The van der Waals surface area contributed by atoms with Crippen molar-refractivity contribution >= 4 is 11.0 Å². The SMILES string of the molecule is CCCNCC(C)(O)Cc1nc2ccccc2n1CC. The molecule has 2 N–H and O–H groups in total. The molecule has 2 aromatic rings. The Labute approximate surface area is 120 Å². The summed E-state index contributed by atoms with van der Waals surface area (Å²) in [6.45, 7) is 8.50. The van der Waals surface area contributed by atoms with E-state index in [0.717, 1.165) is 36.4 Å². The summed E-state index contributed by atoms with van der Waals surface area (Å²) in [6.07, 6.45) is 1.63. The normalized spacial score (nSPS) is 14.6. The minimum Gasteiger partial charge on any atom is -0.388 e. The lowest BCUT2D eigenvalue weighted by atomic mass is 10.0. The summed E-state index contributed by atoms with van der Waals surface area (Å²) >= 11 is 0. The first kappa shape index (κ1) is 15.0. The molecule has 110 valence electrons. The van der Waals surface area contributed by atoms with Crippen LogP contribution in [0.5, 0.6) is 0 Å². The van der Waals surface area contributed by atoms with Crippen molar-refractivity contribution in [2.75, 3.05) is 13.1 Å². The molecule has 1 heterocycles. The van der Waals surface area contributed by atoms with Crippen LogP contribution in [0.4, 0.5) is 0 Å². The molecule has 4 heteroatoms. The van der Waals surface area contributed by atoms with E-state index in [0.29, 0.717) is 13.0 Å². The van der Waals surface area contributed by atoms with Crippen LogP contribution in [-0.4, -0.2) is 33.3 Å². The van der Waals surface area contributed by atoms with Crippen LogP contribution in [0.15, 0.2) is 24.3 Å². The highest BCUT2D eigenvalue weighted by Gasteiger charge is 2.24. The molecule has 0 saturated carbocycles. The fourth-order valence-electron chi connectivity index (χ4n) is 2.55. The number of para-hydroxylation sites is 2. The van der Waals surface area contributed by atoms with Gasteiger partial charge in [-0.15, -0.1) is 0 Å². The molecular formula is C16H25N3O. The van der Waals surface area contributed by atoms with Gasteiger partial charge in [0.05, 0.1) is 16.6 Å². The lowest BCUT2D eigenvalue weighted by Crippen LogP contribution is -2.40. The molecule has 0 bridgehead atoms. The van der Waals surface area contributed by atoms with Crippen molar-refractivity contribution in [3.05, 3.63) is 30.1 Å². The Balaban J connectivity index is 2.20. The summed E-state index contributed by atoms with van der Waals surface area (Å²) < 4.78 is 2.18. The van der Waals surface area contributed by atoms with Crippen molar-refractivity contribution in [1.29, 1.82) is 0 Å². The fraction of sp³-hybridized carbons (Fsp3) is 0.562. The number of fused-ring (bicyclic) bond motifs is 1. The van der Waals surface area contributed by atoms with E-state index in [1.54, 1.807) is 0 Å². The molecule has 0 aliphatic heterocycles. The zero-order valence-electron chi connectivity index (χ0n) is 12.7. The van der Waals surface area contributed by atoms with Crippen LogP contribution in [0.25, 0.3) is 11.0 Å². The van der Waals surface area contributed by atoms with E-state index in [9.17, 15) is 5.11 Å². The van der Waals surface area contributed by atoms with E-state index in [2.05, 4.69) is 34.8 Å². The smallest absolute Gasteiger partial charge is 0.112 e. The number of aromatic nitrogens is 2. The summed E-state index contributed by atoms with van der Waals surface area (Å²) in [4.78, 5) is 4.67. The molecule has 0 aliphatic carbocycles. The molecular weight excluding hydrogens is 250 g/mol. The lowest BCUT2D eigenvalue weighted by Gasteiger charge is -2.23. The van der Waals surface area contributed by atoms with E-state index < -0.39 is 5.60 Å². The van der Waals surface area contributed by atoms with Gasteiger partial charge < -0.3 is 15.0 Å². The number of aliphatic hydroxyl groups is 1. The molecule has 0 spiro atoms. The molecule has 20 heavy (non-hydrogen) atoms. The highest BCUT2D eigenvalue weighted by molar-refractivity contribution is 5.75. The molecule has 0 saturated heterocycles. The zero-order chi connectivity index (χ0) is 14.6. The van der Waals surface area contributed by atoms with Gasteiger partial charge in [0.1, 0.15) is 5.82 Å². The Hall–Kier alpha value is -1.39. The van der Waals surface area contributed by atoms with Gasteiger partial charge in [-0.2, -0.15) is 0 Å². The third kappa shape index (κ3) is 3.38. The first-order chi connectivity index (χ1) is 9.57. The topological polar surface area (TPSA) is 50.1 Å². The third-order valence-electron chi connectivity index (χ3n) is 3.52. The molecule has 1 unspecified atom stereocenters. The number of imidazole rings is 1. The van der Waals surface area contributed by atoms with Crippen molar-refractivity contribution in [2.24, 2.45) is 0 Å². The van der Waals surface area contributed by atoms with E-state index in [-0.39, 0.29) is 0 Å². The molecule has 0 aliphatic rings. The van der Waals surface area contributed by atoms with Crippen LogP contribution in [0.3, 0.4) is 0 Å². The Bertz CT molecular complexity index is 560. The maximum Gasteiger partial charge on any atom is 0.112 e. The fourth-order valence-corrected chi connectivity index (χ4v) is 2.55. The molecule has 1 aromatic heterocycles. The van der Waals surface area contributed by atoms with Crippen LogP contribution in [0.1, 0.15) is 33.0 Å². The Morgan fingerprint density at radius 2 is 2.05 bits per heavy atom. The van der Waals surface area contributed by atoms with Crippen molar-refractivity contribution < 1.29 is 5.11 Å². The minimum atomic E-state index is -0.774. The largest absolute Gasteiger partial charge is 0.388 e. The first-order valence-electron chi connectivity index (χ1n) is 7.44. The molecule has 2 rings (SSSR count). The van der Waals surface area contributed by atoms with Crippen molar-refractivity contribution in [2.45, 2.75) is 45.8 Å². The number of benzene rings is 1. The second kappa shape index (κ2) is 6.37. The molecule has 0 radical (unpaired) electrons. The molecule has 1 aromatic carbocycles. The third-order valence-corrected chi connectivity index (χ3v) is 3.52. The van der Waals surface area contributed by atoms with Crippen molar-refractivity contribution in [3.8, 4) is 0 Å². The highest BCUT2D eigenvalue weighted by Crippen LogP contribution is 2.19. The monoisotopic (exact) mass is 275 g/mol. The second-order valence-electron chi connectivity index (χ2n) is 5.61.